The molecule has 1 amide bonds. The molecule has 4 rings (SSSR count). The Morgan fingerprint density at radius 1 is 1.27 bits per heavy atom. The number of hydrogen-bond acceptors (Lipinski definition) is 3. The molecule has 1 heterocycles. The van der Waals surface area contributed by atoms with Crippen LogP contribution < -0.4 is 0 Å². The third kappa shape index (κ3) is 2.22. The number of carbonyl (C=O) groups excluding carboxylic acids is 1. The number of halogens is 2. The highest BCUT2D eigenvalue weighted by Gasteiger charge is 2.72. The number of benzene rings is 1. The zero-order valence-corrected chi connectivity index (χ0v) is 15.5. The maximum absolute atomic E-state index is 13.3. The minimum absolute atomic E-state index is 0.0128. The van der Waals surface area contributed by atoms with Gasteiger partial charge >= 0.3 is 0 Å². The number of amides is 1. The molecule has 7 heteroatoms. The van der Waals surface area contributed by atoms with E-state index in [1.165, 1.54) is 12.1 Å². The predicted octanol–water partition coefficient (Wildman–Crippen LogP) is 3.34. The number of nitrogens with zero attached hydrogens (tertiary/aromatic N) is 1. The normalized spacial score (nSPS) is 33.8. The monoisotopic (exact) mass is 381 g/mol. The zero-order valence-electron chi connectivity index (χ0n) is 14.7. The maximum atomic E-state index is 13.3. The van der Waals surface area contributed by atoms with Crippen LogP contribution in [0, 0.1) is 28.4 Å². The third-order valence-electron chi connectivity index (χ3n) is 6.99. The molecule has 1 spiro atoms. The fourth-order valence-electron chi connectivity index (χ4n) is 5.44. The highest BCUT2D eigenvalue weighted by atomic mass is 32.2. The van der Waals surface area contributed by atoms with Gasteiger partial charge in [0.1, 0.15) is 0 Å². The second kappa shape index (κ2) is 5.38. The fourth-order valence-corrected chi connectivity index (χ4v) is 7.95. The third-order valence-corrected chi connectivity index (χ3v) is 8.90. The molecule has 4 nitrogen and oxygen atoms in total. The average Bonchev–Trinajstić information content (AvgIpc) is 3.03. The summed E-state index contributed by atoms with van der Waals surface area (Å²) in [6.45, 7) is 4.23. The van der Waals surface area contributed by atoms with E-state index in [9.17, 15) is 22.0 Å². The smallest absolute Gasteiger partial charge is 0.260 e. The van der Waals surface area contributed by atoms with Gasteiger partial charge in [-0.25, -0.2) is 21.5 Å². The van der Waals surface area contributed by atoms with Crippen molar-refractivity contribution >= 4 is 22.0 Å². The van der Waals surface area contributed by atoms with Crippen molar-refractivity contribution in [1.29, 1.82) is 0 Å². The van der Waals surface area contributed by atoms with Gasteiger partial charge in [0.15, 0.2) is 11.6 Å². The minimum atomic E-state index is -3.68. The number of rotatable bonds is 2. The molecule has 3 atom stereocenters. The van der Waals surface area contributed by atoms with E-state index in [0.717, 1.165) is 35.4 Å². The molecule has 3 aliphatic rings. The molecule has 0 unspecified atom stereocenters. The van der Waals surface area contributed by atoms with Crippen LogP contribution in [0.25, 0.3) is 6.08 Å². The Morgan fingerprint density at radius 3 is 2.65 bits per heavy atom. The van der Waals surface area contributed by atoms with E-state index in [2.05, 4.69) is 13.8 Å². The summed E-state index contributed by atoms with van der Waals surface area (Å²) in [6.07, 6.45) is 5.00. The summed E-state index contributed by atoms with van der Waals surface area (Å²) in [5.41, 5.74) is -0.178. The van der Waals surface area contributed by atoms with Crippen molar-refractivity contribution < 1.29 is 22.0 Å². The van der Waals surface area contributed by atoms with Crippen LogP contribution in [0.3, 0.4) is 0 Å². The Kier molecular flexibility index (Phi) is 3.65. The lowest BCUT2D eigenvalue weighted by atomic mass is 9.69. The quantitative estimate of drug-likeness (QED) is 0.739. The van der Waals surface area contributed by atoms with E-state index < -0.39 is 27.6 Å². The summed E-state index contributed by atoms with van der Waals surface area (Å²) in [4.78, 5) is 12.7. The largest absolute Gasteiger partial charge is 0.269 e. The van der Waals surface area contributed by atoms with Crippen LogP contribution >= 0.6 is 0 Å². The SMILES string of the molecule is CC1(C)[C@H]2CC[C@]13CS(=O)(=O)N(C(=O)C=Cc1ccc(F)c(F)c1)[C@H]3C2. The molecular formula is C19H21F2NO3S. The van der Waals surface area contributed by atoms with Crippen LogP contribution in [0.15, 0.2) is 24.3 Å². The van der Waals surface area contributed by atoms with Gasteiger partial charge < -0.3 is 0 Å². The molecule has 26 heavy (non-hydrogen) atoms. The Bertz CT molecular complexity index is 925. The number of carbonyl (C=O) groups is 1. The highest BCUT2D eigenvalue weighted by Crippen LogP contribution is 2.69. The molecule has 1 saturated heterocycles. The van der Waals surface area contributed by atoms with Crippen molar-refractivity contribution in [3.8, 4) is 0 Å². The summed E-state index contributed by atoms with van der Waals surface area (Å²) in [5, 5.41) is 0. The van der Waals surface area contributed by atoms with Gasteiger partial charge in [0.25, 0.3) is 5.91 Å². The van der Waals surface area contributed by atoms with E-state index in [-0.39, 0.29) is 22.6 Å². The lowest BCUT2D eigenvalue weighted by Crippen LogP contribution is -2.43. The van der Waals surface area contributed by atoms with Gasteiger partial charge in [0.05, 0.1) is 11.8 Å². The first-order valence-electron chi connectivity index (χ1n) is 8.78. The van der Waals surface area contributed by atoms with E-state index >= 15 is 0 Å². The van der Waals surface area contributed by atoms with Crippen LogP contribution in [0.4, 0.5) is 8.78 Å². The summed E-state index contributed by atoms with van der Waals surface area (Å²) in [7, 11) is -3.68. The van der Waals surface area contributed by atoms with Gasteiger partial charge in [-0.15, -0.1) is 0 Å². The molecule has 0 radical (unpaired) electrons. The molecule has 2 bridgehead atoms. The van der Waals surface area contributed by atoms with Gasteiger partial charge in [-0.3, -0.25) is 4.79 Å². The second-order valence-corrected chi connectivity index (χ2v) is 10.1. The second-order valence-electron chi connectivity index (χ2n) is 8.26. The van der Waals surface area contributed by atoms with Gasteiger partial charge in [-0.1, -0.05) is 19.9 Å². The van der Waals surface area contributed by atoms with E-state index in [4.69, 9.17) is 0 Å². The first-order chi connectivity index (χ1) is 12.1. The first kappa shape index (κ1) is 17.6. The Morgan fingerprint density at radius 2 is 2.00 bits per heavy atom. The molecule has 0 N–H and O–H groups in total. The van der Waals surface area contributed by atoms with Crippen LogP contribution in [0.1, 0.15) is 38.7 Å². The Labute approximate surface area is 151 Å². The molecule has 2 saturated carbocycles. The number of sulfonamides is 1. The summed E-state index contributed by atoms with van der Waals surface area (Å²) in [5.74, 6) is -2.16. The predicted molar refractivity (Wildman–Crippen MR) is 93.4 cm³/mol. The van der Waals surface area contributed by atoms with Crippen LogP contribution in [-0.4, -0.2) is 30.4 Å². The Hall–Kier alpha value is -1.76. The van der Waals surface area contributed by atoms with E-state index in [1.807, 2.05) is 0 Å². The van der Waals surface area contributed by atoms with Crippen molar-refractivity contribution in [1.82, 2.24) is 4.31 Å². The van der Waals surface area contributed by atoms with Gasteiger partial charge in [0.2, 0.25) is 10.0 Å². The van der Waals surface area contributed by atoms with Crippen LogP contribution in [-0.2, 0) is 14.8 Å². The molecule has 0 aromatic heterocycles. The molecule has 1 aromatic carbocycles. The topological polar surface area (TPSA) is 54.5 Å². The van der Waals surface area contributed by atoms with Gasteiger partial charge in [-0.2, -0.15) is 0 Å². The number of fused-ring (bicyclic) bond motifs is 1. The van der Waals surface area contributed by atoms with E-state index in [0.29, 0.717) is 17.9 Å². The van der Waals surface area contributed by atoms with Crippen molar-refractivity contribution in [2.24, 2.45) is 16.7 Å². The van der Waals surface area contributed by atoms with Crippen molar-refractivity contribution in [2.75, 3.05) is 5.75 Å². The standard InChI is InChI=1S/C19H21F2NO3S/c1-18(2)13-7-8-19(18)11-26(24,25)22(16(19)10-13)17(23)6-4-12-3-5-14(20)15(21)9-12/h3-6,9,13,16H,7-8,10-11H2,1-2H3/t13-,16-,19+/m0/s1. The van der Waals surface area contributed by atoms with Gasteiger partial charge in [0, 0.05) is 11.5 Å². The highest BCUT2D eigenvalue weighted by molar-refractivity contribution is 7.90. The fraction of sp³-hybridized carbons (Fsp3) is 0.526. The molecule has 3 fully saturated rings. The molecule has 1 aliphatic heterocycles. The first-order valence-corrected chi connectivity index (χ1v) is 10.4. The van der Waals surface area contributed by atoms with Crippen LogP contribution in [0.2, 0.25) is 0 Å². The summed E-state index contributed by atoms with van der Waals surface area (Å²) in [6, 6.07) is 2.98. The zero-order chi connectivity index (χ0) is 18.9. The molecule has 140 valence electrons. The van der Waals surface area contributed by atoms with Crippen molar-refractivity contribution in [3.05, 3.63) is 41.5 Å². The maximum Gasteiger partial charge on any atom is 0.260 e. The van der Waals surface area contributed by atoms with Crippen molar-refractivity contribution in [2.45, 2.75) is 39.2 Å². The van der Waals surface area contributed by atoms with Crippen LogP contribution in [0.5, 0.6) is 0 Å². The lowest BCUT2D eigenvalue weighted by molar-refractivity contribution is -0.123. The summed E-state index contributed by atoms with van der Waals surface area (Å²) >= 11 is 0. The summed E-state index contributed by atoms with van der Waals surface area (Å²) < 4.78 is 52.9. The Balaban J connectivity index is 1.64. The molecule has 1 aromatic rings. The van der Waals surface area contributed by atoms with E-state index in [1.54, 1.807) is 0 Å². The molecule has 2 aliphatic carbocycles. The molecular weight excluding hydrogens is 360 g/mol. The van der Waals surface area contributed by atoms with Gasteiger partial charge in [-0.05, 0) is 54.4 Å². The average molecular weight is 381 g/mol. The number of hydrogen-bond donors (Lipinski definition) is 0. The van der Waals surface area contributed by atoms with Crippen molar-refractivity contribution in [3.63, 3.8) is 0 Å². The lowest BCUT2D eigenvalue weighted by Gasteiger charge is -2.36. The minimum Gasteiger partial charge on any atom is -0.269 e.